The van der Waals surface area contributed by atoms with E-state index >= 15 is 0 Å². The molecule has 0 heterocycles. The van der Waals surface area contributed by atoms with E-state index < -0.39 is 0 Å². The first-order valence-electron chi connectivity index (χ1n) is 9.72. The average molecular weight is 473 g/mol. The van der Waals surface area contributed by atoms with E-state index in [-0.39, 0.29) is 11.8 Å². The minimum atomic E-state index is -0.281. The molecule has 0 atom stereocenters. The lowest BCUT2D eigenvalue weighted by molar-refractivity contribution is 0.0939. The van der Waals surface area contributed by atoms with Crippen molar-refractivity contribution in [2.75, 3.05) is 14.2 Å². The van der Waals surface area contributed by atoms with Crippen molar-refractivity contribution in [3.05, 3.63) is 93.0 Å². The van der Waals surface area contributed by atoms with Crippen LogP contribution >= 0.6 is 23.2 Å². The Kier molecular flexibility index (Phi) is 7.98. The number of ether oxygens (including phenoxy) is 2. The van der Waals surface area contributed by atoms with Crippen molar-refractivity contribution >= 4 is 35.0 Å². The van der Waals surface area contributed by atoms with Gasteiger partial charge < -0.3 is 20.1 Å². The second kappa shape index (κ2) is 10.9. The van der Waals surface area contributed by atoms with Crippen LogP contribution < -0.4 is 20.1 Å². The molecule has 166 valence electrons. The number of hydrogen-bond acceptors (Lipinski definition) is 4. The molecule has 6 nitrogen and oxygen atoms in total. The molecular weight excluding hydrogens is 451 g/mol. The number of methoxy groups -OCH3 is 2. The van der Waals surface area contributed by atoms with Gasteiger partial charge >= 0.3 is 0 Å². The summed E-state index contributed by atoms with van der Waals surface area (Å²) in [5.41, 5.74) is 2.56. The summed E-state index contributed by atoms with van der Waals surface area (Å²) < 4.78 is 10.4. The molecule has 0 spiro atoms. The first kappa shape index (κ1) is 23.4. The number of carbonyl (C=O) groups is 2. The Hall–Kier alpha value is -3.22. The van der Waals surface area contributed by atoms with Crippen molar-refractivity contribution < 1.29 is 19.1 Å². The number of halogens is 2. The third-order valence-electron chi connectivity index (χ3n) is 4.74. The minimum absolute atomic E-state index is 0.281. The molecule has 0 aliphatic heterocycles. The molecule has 3 rings (SSSR count). The van der Waals surface area contributed by atoms with Crippen LogP contribution in [0.3, 0.4) is 0 Å². The fourth-order valence-corrected chi connectivity index (χ4v) is 3.39. The van der Waals surface area contributed by atoms with Gasteiger partial charge in [0.2, 0.25) is 0 Å². The average Bonchev–Trinajstić information content (AvgIpc) is 2.81. The van der Waals surface area contributed by atoms with Crippen molar-refractivity contribution in [1.82, 2.24) is 10.6 Å². The van der Waals surface area contributed by atoms with E-state index in [1.807, 2.05) is 24.3 Å². The molecule has 0 radical (unpaired) electrons. The van der Waals surface area contributed by atoms with Gasteiger partial charge in [-0.3, -0.25) is 9.59 Å². The fraction of sp³-hybridized carbons (Fsp3) is 0.167. The Morgan fingerprint density at radius 1 is 0.688 bits per heavy atom. The summed E-state index contributed by atoms with van der Waals surface area (Å²) in [6.45, 7) is 0.668. The van der Waals surface area contributed by atoms with Crippen LogP contribution in [0.15, 0.2) is 60.7 Å². The Labute approximate surface area is 196 Å². The first-order chi connectivity index (χ1) is 15.4. The standard InChI is InChI=1S/C24H22Cl2N2O4/c1-31-21-9-7-17(25)11-19(21)23(29)27-13-15-3-5-16(6-4-15)14-28-24(30)20-12-18(26)8-10-22(20)32-2/h3-12H,13-14H2,1-2H3,(H,27,29)(H,28,30). The van der Waals surface area contributed by atoms with Crippen molar-refractivity contribution in [3.63, 3.8) is 0 Å². The Morgan fingerprint density at radius 2 is 1.06 bits per heavy atom. The summed E-state index contributed by atoms with van der Waals surface area (Å²) >= 11 is 12.0. The predicted octanol–water partition coefficient (Wildman–Crippen LogP) is 4.87. The highest BCUT2D eigenvalue weighted by molar-refractivity contribution is 6.31. The molecule has 2 amide bonds. The zero-order valence-corrected chi connectivity index (χ0v) is 19.1. The van der Waals surface area contributed by atoms with Crippen molar-refractivity contribution in [3.8, 4) is 11.5 Å². The summed E-state index contributed by atoms with van der Waals surface area (Å²) in [5.74, 6) is 0.343. The summed E-state index contributed by atoms with van der Waals surface area (Å²) in [7, 11) is 3.00. The van der Waals surface area contributed by atoms with Gasteiger partial charge in [-0.25, -0.2) is 0 Å². The summed E-state index contributed by atoms with van der Waals surface area (Å²) in [6.07, 6.45) is 0. The van der Waals surface area contributed by atoms with Crippen LogP contribution in [-0.2, 0) is 13.1 Å². The van der Waals surface area contributed by atoms with Gasteiger partial charge in [-0.2, -0.15) is 0 Å². The highest BCUT2D eigenvalue weighted by Crippen LogP contribution is 2.23. The monoisotopic (exact) mass is 472 g/mol. The zero-order valence-electron chi connectivity index (χ0n) is 17.6. The molecule has 8 heteroatoms. The maximum absolute atomic E-state index is 12.5. The van der Waals surface area contributed by atoms with Crippen molar-refractivity contribution in [1.29, 1.82) is 0 Å². The number of amides is 2. The number of rotatable bonds is 8. The Bertz CT molecular complexity index is 1030. The molecule has 0 fully saturated rings. The third kappa shape index (κ3) is 5.93. The lowest BCUT2D eigenvalue weighted by Gasteiger charge is -2.11. The number of nitrogens with one attached hydrogen (secondary N) is 2. The number of carbonyl (C=O) groups excluding carboxylic acids is 2. The van der Waals surface area contributed by atoms with Crippen LogP contribution in [0.2, 0.25) is 10.0 Å². The highest BCUT2D eigenvalue weighted by atomic mass is 35.5. The van der Waals surface area contributed by atoms with Gasteiger partial charge in [0.1, 0.15) is 11.5 Å². The van der Waals surface area contributed by atoms with Crippen LogP contribution in [0.4, 0.5) is 0 Å². The molecule has 3 aromatic carbocycles. The predicted molar refractivity (Wildman–Crippen MR) is 125 cm³/mol. The van der Waals surface area contributed by atoms with E-state index in [1.165, 1.54) is 14.2 Å². The molecule has 0 aliphatic rings. The van der Waals surface area contributed by atoms with Gasteiger partial charge in [-0.1, -0.05) is 47.5 Å². The van der Waals surface area contributed by atoms with Gasteiger partial charge in [0.25, 0.3) is 11.8 Å². The molecule has 0 saturated heterocycles. The van der Waals surface area contributed by atoms with E-state index in [4.69, 9.17) is 32.7 Å². The molecule has 0 aliphatic carbocycles. The van der Waals surface area contributed by atoms with E-state index in [0.717, 1.165) is 11.1 Å². The second-order valence-corrected chi connectivity index (χ2v) is 7.74. The van der Waals surface area contributed by atoms with Crippen LogP contribution in [0, 0.1) is 0 Å². The SMILES string of the molecule is COc1ccc(Cl)cc1C(=O)NCc1ccc(CNC(=O)c2cc(Cl)ccc2OC)cc1. The number of benzene rings is 3. The van der Waals surface area contributed by atoms with Gasteiger partial charge in [0, 0.05) is 23.1 Å². The summed E-state index contributed by atoms with van der Waals surface area (Å²) in [5, 5.41) is 6.62. The maximum atomic E-state index is 12.5. The van der Waals surface area contributed by atoms with E-state index in [1.54, 1.807) is 36.4 Å². The van der Waals surface area contributed by atoms with Crippen molar-refractivity contribution in [2.45, 2.75) is 13.1 Å². The van der Waals surface area contributed by atoms with Gasteiger partial charge in [-0.15, -0.1) is 0 Å². The van der Waals surface area contributed by atoms with Gasteiger partial charge in [-0.05, 0) is 47.5 Å². The lowest BCUT2D eigenvalue weighted by Crippen LogP contribution is -2.24. The lowest BCUT2D eigenvalue weighted by atomic mass is 10.1. The van der Waals surface area contributed by atoms with Gasteiger partial charge in [0.05, 0.1) is 25.3 Å². The zero-order chi connectivity index (χ0) is 23.1. The van der Waals surface area contributed by atoms with Gasteiger partial charge in [0.15, 0.2) is 0 Å². The molecule has 0 unspecified atom stereocenters. The Balaban J connectivity index is 1.57. The quantitative estimate of drug-likeness (QED) is 0.490. The largest absolute Gasteiger partial charge is 0.496 e. The molecule has 3 aromatic rings. The second-order valence-electron chi connectivity index (χ2n) is 6.87. The minimum Gasteiger partial charge on any atom is -0.496 e. The first-order valence-corrected chi connectivity index (χ1v) is 10.5. The Morgan fingerprint density at radius 3 is 1.41 bits per heavy atom. The smallest absolute Gasteiger partial charge is 0.255 e. The molecule has 2 N–H and O–H groups in total. The van der Waals surface area contributed by atoms with Crippen LogP contribution in [-0.4, -0.2) is 26.0 Å². The highest BCUT2D eigenvalue weighted by Gasteiger charge is 2.14. The topological polar surface area (TPSA) is 76.7 Å². The van der Waals surface area contributed by atoms with E-state index in [0.29, 0.717) is 45.8 Å². The molecular formula is C24H22Cl2N2O4. The van der Waals surface area contributed by atoms with Crippen LogP contribution in [0.25, 0.3) is 0 Å². The van der Waals surface area contributed by atoms with E-state index in [9.17, 15) is 9.59 Å². The number of hydrogen-bond donors (Lipinski definition) is 2. The van der Waals surface area contributed by atoms with Crippen LogP contribution in [0.5, 0.6) is 11.5 Å². The molecule has 0 saturated carbocycles. The summed E-state index contributed by atoms with van der Waals surface area (Å²) in [6, 6.07) is 17.3. The molecule has 0 bridgehead atoms. The van der Waals surface area contributed by atoms with E-state index in [2.05, 4.69) is 10.6 Å². The van der Waals surface area contributed by atoms with Crippen molar-refractivity contribution in [2.24, 2.45) is 0 Å². The molecule has 32 heavy (non-hydrogen) atoms. The van der Waals surface area contributed by atoms with Crippen LogP contribution in [0.1, 0.15) is 31.8 Å². The fourth-order valence-electron chi connectivity index (χ4n) is 3.05. The maximum Gasteiger partial charge on any atom is 0.255 e. The normalized spacial score (nSPS) is 10.4. The third-order valence-corrected chi connectivity index (χ3v) is 5.21. The summed E-state index contributed by atoms with van der Waals surface area (Å²) in [4.78, 5) is 25.0. The molecule has 0 aromatic heterocycles.